The molecule has 1 aliphatic rings. The molecule has 8 aromatic carbocycles. The lowest BCUT2D eigenvalue weighted by Crippen LogP contribution is -2.52. The molecular weight excluding hydrogens is 817 g/mol. The lowest BCUT2D eigenvalue weighted by atomic mass is 9.48. The maximum Gasteiger partial charge on any atom is 0.0991 e. The van der Waals surface area contributed by atoms with E-state index in [9.17, 15) is 21.0 Å². The standard InChI is InChI=1S/C61H44N6/c1-5-43(4)60(42(2)3,48-12-8-6-9-13-48)61(49-14-10-7-11-15-49)58-36-54(66(50-24-16-44(38-62)17-25-50)51-26-18-45(39-63)19-27-51)32-34-56(58)57-35-33-55(37-59(57)61)67(52-28-20-46(40-64)21-29-52)53-30-22-47(41-65)23-31-53/h6-37H,2,4-5H2,1,3H3. The first-order valence-electron chi connectivity index (χ1n) is 22.1. The Labute approximate surface area is 392 Å². The van der Waals surface area contributed by atoms with Gasteiger partial charge in [-0.2, -0.15) is 21.0 Å². The second-order valence-electron chi connectivity index (χ2n) is 16.7. The third-order valence-corrected chi connectivity index (χ3v) is 13.2. The molecule has 9 rings (SSSR count). The van der Waals surface area contributed by atoms with E-state index in [0.29, 0.717) is 28.7 Å². The van der Waals surface area contributed by atoms with Gasteiger partial charge in [0.05, 0.1) is 57.4 Å². The maximum atomic E-state index is 9.79. The molecule has 6 nitrogen and oxygen atoms in total. The summed E-state index contributed by atoms with van der Waals surface area (Å²) in [5.41, 5.74) is 13.7. The molecule has 0 saturated carbocycles. The van der Waals surface area contributed by atoms with Crippen molar-refractivity contribution < 1.29 is 0 Å². The Balaban J connectivity index is 1.42. The van der Waals surface area contributed by atoms with Crippen molar-refractivity contribution in [3.63, 3.8) is 0 Å². The van der Waals surface area contributed by atoms with E-state index in [0.717, 1.165) is 78.7 Å². The minimum Gasteiger partial charge on any atom is -0.310 e. The number of hydrogen-bond donors (Lipinski definition) is 0. The first-order valence-corrected chi connectivity index (χ1v) is 22.1. The van der Waals surface area contributed by atoms with Crippen LogP contribution in [0.4, 0.5) is 34.1 Å². The number of hydrogen-bond acceptors (Lipinski definition) is 6. The van der Waals surface area contributed by atoms with Crippen LogP contribution < -0.4 is 9.80 Å². The number of nitrogens with zero attached hydrogens (tertiary/aromatic N) is 6. The predicted octanol–water partition coefficient (Wildman–Crippen LogP) is 14.9. The minimum absolute atomic E-state index is 0.551. The molecule has 0 fully saturated rings. The average Bonchev–Trinajstić information content (AvgIpc) is 3.67. The van der Waals surface area contributed by atoms with E-state index in [1.165, 1.54) is 0 Å². The van der Waals surface area contributed by atoms with Crippen molar-refractivity contribution in [1.29, 1.82) is 21.0 Å². The second-order valence-corrected chi connectivity index (χ2v) is 16.7. The van der Waals surface area contributed by atoms with Crippen LogP contribution in [-0.2, 0) is 10.8 Å². The minimum atomic E-state index is -0.993. The maximum absolute atomic E-state index is 9.79. The molecule has 0 radical (unpaired) electrons. The lowest BCUT2D eigenvalue weighted by Gasteiger charge is -2.53. The van der Waals surface area contributed by atoms with Gasteiger partial charge in [0.2, 0.25) is 0 Å². The fourth-order valence-electron chi connectivity index (χ4n) is 10.3. The van der Waals surface area contributed by atoms with Gasteiger partial charge in [0.1, 0.15) is 0 Å². The van der Waals surface area contributed by atoms with Crippen LogP contribution in [0.15, 0.2) is 218 Å². The Morgan fingerprint density at radius 2 is 0.791 bits per heavy atom. The molecule has 1 aliphatic carbocycles. The summed E-state index contributed by atoms with van der Waals surface area (Å²) in [5, 5.41) is 39.2. The highest BCUT2D eigenvalue weighted by Crippen LogP contribution is 2.67. The Hall–Kier alpha value is -9.20. The zero-order valence-electron chi connectivity index (χ0n) is 37.3. The van der Waals surface area contributed by atoms with Gasteiger partial charge in [-0.1, -0.05) is 104 Å². The Morgan fingerprint density at radius 3 is 1.10 bits per heavy atom. The number of anilines is 6. The molecule has 0 aromatic heterocycles. The van der Waals surface area contributed by atoms with Crippen molar-refractivity contribution in [3.8, 4) is 35.4 Å². The summed E-state index contributed by atoms with van der Waals surface area (Å²) in [5.74, 6) is 0. The fourth-order valence-corrected chi connectivity index (χ4v) is 10.3. The number of benzene rings is 8. The molecule has 0 bridgehead atoms. The van der Waals surface area contributed by atoms with Gasteiger partial charge in [-0.25, -0.2) is 0 Å². The number of fused-ring (bicyclic) bond motifs is 3. The zero-order valence-corrected chi connectivity index (χ0v) is 37.3. The van der Waals surface area contributed by atoms with Crippen LogP contribution in [-0.4, -0.2) is 0 Å². The molecule has 0 aliphatic heterocycles. The number of allylic oxidation sites excluding steroid dienone is 2. The smallest absolute Gasteiger partial charge is 0.0991 e. The summed E-state index contributed by atoms with van der Waals surface area (Å²) in [4.78, 5) is 4.34. The third kappa shape index (κ3) is 7.03. The molecule has 0 saturated heterocycles. The molecule has 318 valence electrons. The van der Waals surface area contributed by atoms with Crippen molar-refractivity contribution in [2.45, 2.75) is 31.1 Å². The first-order chi connectivity index (χ1) is 32.7. The van der Waals surface area contributed by atoms with E-state index in [1.54, 1.807) is 0 Å². The van der Waals surface area contributed by atoms with Crippen LogP contribution >= 0.6 is 0 Å². The second kappa shape index (κ2) is 17.8. The summed E-state index contributed by atoms with van der Waals surface area (Å²) < 4.78 is 0. The predicted molar refractivity (Wildman–Crippen MR) is 269 cm³/mol. The molecule has 0 amide bonds. The molecule has 6 heteroatoms. The van der Waals surface area contributed by atoms with Crippen molar-refractivity contribution in [3.05, 3.63) is 263 Å². The molecule has 1 unspecified atom stereocenters. The summed E-state index contributed by atoms with van der Waals surface area (Å²) in [7, 11) is 0. The highest BCUT2D eigenvalue weighted by molar-refractivity contribution is 5.92. The van der Waals surface area contributed by atoms with Gasteiger partial charge in [0, 0.05) is 34.1 Å². The van der Waals surface area contributed by atoms with Gasteiger partial charge in [0.15, 0.2) is 0 Å². The number of nitriles is 4. The monoisotopic (exact) mass is 860 g/mol. The lowest BCUT2D eigenvalue weighted by molar-refractivity contribution is 0.406. The fraction of sp³-hybridized carbons (Fsp3) is 0.0820. The van der Waals surface area contributed by atoms with Gasteiger partial charge in [-0.3, -0.25) is 0 Å². The van der Waals surface area contributed by atoms with Crippen LogP contribution in [0.25, 0.3) is 11.1 Å². The zero-order chi connectivity index (χ0) is 46.7. The van der Waals surface area contributed by atoms with E-state index >= 15 is 0 Å². The van der Waals surface area contributed by atoms with Crippen molar-refractivity contribution in [2.75, 3.05) is 9.80 Å². The molecule has 0 spiro atoms. The van der Waals surface area contributed by atoms with Gasteiger partial charge in [-0.15, -0.1) is 0 Å². The van der Waals surface area contributed by atoms with Gasteiger partial charge >= 0.3 is 0 Å². The van der Waals surface area contributed by atoms with Crippen molar-refractivity contribution >= 4 is 34.1 Å². The molecule has 0 heterocycles. The largest absolute Gasteiger partial charge is 0.310 e. The summed E-state index contributed by atoms with van der Waals surface area (Å²) in [6, 6.07) is 74.0. The van der Waals surface area contributed by atoms with Gasteiger partial charge in [-0.05, 0) is 168 Å². The summed E-state index contributed by atoms with van der Waals surface area (Å²) in [6.45, 7) is 14.2. The van der Waals surface area contributed by atoms with Crippen LogP contribution in [0.2, 0.25) is 0 Å². The van der Waals surface area contributed by atoms with Crippen LogP contribution in [0.5, 0.6) is 0 Å². The summed E-state index contributed by atoms with van der Waals surface area (Å²) in [6.07, 6.45) is 0.658. The van der Waals surface area contributed by atoms with E-state index in [1.807, 2.05) is 103 Å². The third-order valence-electron chi connectivity index (χ3n) is 13.2. The van der Waals surface area contributed by atoms with E-state index in [4.69, 9.17) is 13.2 Å². The summed E-state index contributed by atoms with van der Waals surface area (Å²) >= 11 is 0. The highest BCUT2D eigenvalue weighted by Gasteiger charge is 2.61. The van der Waals surface area contributed by atoms with E-state index < -0.39 is 10.8 Å². The number of rotatable bonds is 12. The Kier molecular flexibility index (Phi) is 11.4. The molecule has 1 atom stereocenters. The van der Waals surface area contributed by atoms with Gasteiger partial charge in [0.25, 0.3) is 0 Å². The molecule has 8 aromatic rings. The Bertz CT molecular complexity index is 3060. The van der Waals surface area contributed by atoms with E-state index in [-0.39, 0.29) is 0 Å². The van der Waals surface area contributed by atoms with Crippen molar-refractivity contribution in [1.82, 2.24) is 0 Å². The van der Waals surface area contributed by atoms with Gasteiger partial charge < -0.3 is 9.80 Å². The van der Waals surface area contributed by atoms with Crippen LogP contribution in [0, 0.1) is 45.3 Å². The quantitative estimate of drug-likeness (QED) is 0.113. The highest BCUT2D eigenvalue weighted by atomic mass is 15.1. The Morgan fingerprint density at radius 1 is 0.463 bits per heavy atom. The van der Waals surface area contributed by atoms with E-state index in [2.05, 4.69) is 139 Å². The molecule has 0 N–H and O–H groups in total. The average molecular weight is 861 g/mol. The van der Waals surface area contributed by atoms with Crippen molar-refractivity contribution in [2.24, 2.45) is 0 Å². The normalized spacial score (nSPS) is 12.7. The molecule has 67 heavy (non-hydrogen) atoms. The molecular formula is C61H44N6. The topological polar surface area (TPSA) is 102 Å². The first kappa shape index (κ1) is 43.1. The van der Waals surface area contributed by atoms with Crippen LogP contribution in [0.3, 0.4) is 0 Å². The SMILES string of the molecule is C=C(C)C(C(=C)CC)(c1ccccc1)C1(c2ccccc2)c2cc(N(c3ccc(C#N)cc3)c3ccc(C#N)cc3)ccc2-c2ccc(N(c3ccc(C#N)cc3)c3ccc(C#N)cc3)cc21. The van der Waals surface area contributed by atoms with Crippen LogP contribution in [0.1, 0.15) is 64.8 Å².